The Balaban J connectivity index is 2.00. The van der Waals surface area contributed by atoms with Gasteiger partial charge in [0.15, 0.2) is 0 Å². The summed E-state index contributed by atoms with van der Waals surface area (Å²) in [5.74, 6) is -0.142. The third-order valence-corrected chi connectivity index (χ3v) is 3.94. The molecule has 4 nitrogen and oxygen atoms in total. The second kappa shape index (κ2) is 3.83. The van der Waals surface area contributed by atoms with Crippen molar-refractivity contribution in [1.82, 2.24) is 10.2 Å². The van der Waals surface area contributed by atoms with Crippen LogP contribution in [0.25, 0.3) is 0 Å². The number of carbonyl (C=O) groups excluding carboxylic acids is 2. The molecule has 0 bridgehead atoms. The van der Waals surface area contributed by atoms with Crippen molar-refractivity contribution in [3.63, 3.8) is 0 Å². The molecule has 2 aliphatic rings. The molecule has 1 spiro atoms. The maximum atomic E-state index is 12.2. The first-order valence-electron chi connectivity index (χ1n) is 6.37. The molecule has 1 aliphatic carbocycles. The molecule has 1 heterocycles. The number of nitrogens with zero attached hydrogens (tertiary/aromatic N) is 1. The number of fused-ring (bicyclic) bond motifs is 1. The van der Waals surface area contributed by atoms with Crippen molar-refractivity contribution >= 4 is 11.9 Å². The van der Waals surface area contributed by atoms with Crippen LogP contribution < -0.4 is 5.32 Å². The van der Waals surface area contributed by atoms with Gasteiger partial charge in [-0.3, -0.25) is 10.1 Å². The third-order valence-electron chi connectivity index (χ3n) is 3.94. The fourth-order valence-electron chi connectivity index (χ4n) is 3.08. The van der Waals surface area contributed by atoms with E-state index in [1.165, 1.54) is 11.1 Å². The molecule has 1 aromatic rings. The van der Waals surface area contributed by atoms with E-state index in [9.17, 15) is 9.59 Å². The van der Waals surface area contributed by atoms with Crippen molar-refractivity contribution < 1.29 is 9.59 Å². The van der Waals surface area contributed by atoms with Crippen LogP contribution in [0.1, 0.15) is 24.5 Å². The zero-order chi connectivity index (χ0) is 12.8. The number of imide groups is 1. The van der Waals surface area contributed by atoms with Gasteiger partial charge in [-0.1, -0.05) is 31.2 Å². The molecule has 1 N–H and O–H groups in total. The summed E-state index contributed by atoms with van der Waals surface area (Å²) in [5.41, 5.74) is 1.70. The van der Waals surface area contributed by atoms with Crippen molar-refractivity contribution in [1.29, 1.82) is 0 Å². The fourth-order valence-corrected chi connectivity index (χ4v) is 3.08. The van der Waals surface area contributed by atoms with Crippen LogP contribution in [0.2, 0.25) is 0 Å². The maximum Gasteiger partial charge on any atom is 0.325 e. The minimum atomic E-state index is -0.670. The minimum Gasteiger partial charge on any atom is -0.309 e. The zero-order valence-corrected chi connectivity index (χ0v) is 10.4. The van der Waals surface area contributed by atoms with E-state index in [0.717, 1.165) is 6.42 Å². The van der Waals surface area contributed by atoms with Gasteiger partial charge in [0, 0.05) is 19.4 Å². The van der Waals surface area contributed by atoms with Crippen LogP contribution in [-0.4, -0.2) is 28.9 Å². The second-order valence-corrected chi connectivity index (χ2v) is 5.06. The van der Waals surface area contributed by atoms with Crippen LogP contribution in [0.4, 0.5) is 4.79 Å². The summed E-state index contributed by atoms with van der Waals surface area (Å²) in [6.07, 6.45) is 2.14. The normalized spacial score (nSPS) is 20.4. The van der Waals surface area contributed by atoms with Crippen molar-refractivity contribution in [2.45, 2.75) is 31.7 Å². The number of hydrogen-bond acceptors (Lipinski definition) is 2. The molecule has 94 valence electrons. The topological polar surface area (TPSA) is 49.4 Å². The fraction of sp³-hybridized carbons (Fsp3) is 0.429. The lowest BCUT2D eigenvalue weighted by Crippen LogP contribution is -2.50. The third kappa shape index (κ3) is 1.38. The van der Waals surface area contributed by atoms with E-state index in [2.05, 4.69) is 5.32 Å². The van der Waals surface area contributed by atoms with Gasteiger partial charge in [-0.25, -0.2) is 4.79 Å². The van der Waals surface area contributed by atoms with E-state index in [1.807, 2.05) is 31.2 Å². The molecular weight excluding hydrogens is 228 g/mol. The highest BCUT2D eigenvalue weighted by Gasteiger charge is 2.55. The maximum absolute atomic E-state index is 12.2. The molecular formula is C14H16N2O2. The summed E-state index contributed by atoms with van der Waals surface area (Å²) < 4.78 is 0. The summed E-state index contributed by atoms with van der Waals surface area (Å²) in [4.78, 5) is 25.8. The first-order chi connectivity index (χ1) is 8.67. The lowest BCUT2D eigenvalue weighted by molar-refractivity contribution is -0.126. The molecule has 0 atom stereocenters. The Morgan fingerprint density at radius 2 is 1.83 bits per heavy atom. The smallest absolute Gasteiger partial charge is 0.309 e. The van der Waals surface area contributed by atoms with Gasteiger partial charge in [-0.05, 0) is 17.5 Å². The quantitative estimate of drug-likeness (QED) is 0.801. The molecule has 0 radical (unpaired) electrons. The second-order valence-electron chi connectivity index (χ2n) is 5.06. The van der Waals surface area contributed by atoms with Gasteiger partial charge in [0.05, 0.1) is 0 Å². The van der Waals surface area contributed by atoms with Crippen LogP contribution in [-0.2, 0) is 17.6 Å². The number of nitrogens with one attached hydrogen (secondary N) is 1. The minimum absolute atomic E-state index is 0.142. The summed E-state index contributed by atoms with van der Waals surface area (Å²) in [6.45, 7) is 2.65. The molecule has 1 aromatic carbocycles. The van der Waals surface area contributed by atoms with Crippen LogP contribution >= 0.6 is 0 Å². The highest BCUT2D eigenvalue weighted by atomic mass is 16.2. The molecule has 4 heteroatoms. The largest absolute Gasteiger partial charge is 0.325 e. The molecule has 18 heavy (non-hydrogen) atoms. The Kier molecular flexibility index (Phi) is 2.40. The number of amides is 3. The zero-order valence-electron chi connectivity index (χ0n) is 10.4. The SMILES string of the molecule is CCCN1C(=O)NC(=O)C12Cc1ccccc1C2. The summed E-state index contributed by atoms with van der Waals surface area (Å²) in [5, 5.41) is 2.47. The van der Waals surface area contributed by atoms with E-state index in [4.69, 9.17) is 0 Å². The Labute approximate surface area is 106 Å². The molecule has 1 saturated heterocycles. The first-order valence-corrected chi connectivity index (χ1v) is 6.37. The number of benzene rings is 1. The molecule has 0 aromatic heterocycles. The van der Waals surface area contributed by atoms with Gasteiger partial charge >= 0.3 is 6.03 Å². The van der Waals surface area contributed by atoms with E-state index in [1.54, 1.807) is 4.90 Å². The number of hydrogen-bond donors (Lipinski definition) is 1. The molecule has 3 amide bonds. The van der Waals surface area contributed by atoms with Gasteiger partial charge < -0.3 is 4.90 Å². The van der Waals surface area contributed by atoms with Crippen molar-refractivity contribution in [3.05, 3.63) is 35.4 Å². The summed E-state index contributed by atoms with van der Waals surface area (Å²) >= 11 is 0. The van der Waals surface area contributed by atoms with E-state index in [-0.39, 0.29) is 11.9 Å². The van der Waals surface area contributed by atoms with Crippen molar-refractivity contribution in [2.24, 2.45) is 0 Å². The van der Waals surface area contributed by atoms with Crippen molar-refractivity contribution in [2.75, 3.05) is 6.54 Å². The predicted molar refractivity (Wildman–Crippen MR) is 67.1 cm³/mol. The molecule has 1 fully saturated rings. The van der Waals surface area contributed by atoms with Gasteiger partial charge in [0.2, 0.25) is 0 Å². The van der Waals surface area contributed by atoms with Gasteiger partial charge in [-0.15, -0.1) is 0 Å². The number of rotatable bonds is 2. The van der Waals surface area contributed by atoms with Crippen LogP contribution in [0, 0.1) is 0 Å². The van der Waals surface area contributed by atoms with Gasteiger partial charge in [-0.2, -0.15) is 0 Å². The van der Waals surface area contributed by atoms with Gasteiger partial charge in [0.25, 0.3) is 5.91 Å². The monoisotopic (exact) mass is 244 g/mol. The lowest BCUT2D eigenvalue weighted by Gasteiger charge is -2.31. The molecule has 3 rings (SSSR count). The van der Waals surface area contributed by atoms with Gasteiger partial charge in [0.1, 0.15) is 5.54 Å². The highest BCUT2D eigenvalue weighted by Crippen LogP contribution is 2.37. The van der Waals surface area contributed by atoms with Crippen LogP contribution in [0.5, 0.6) is 0 Å². The standard InChI is InChI=1S/C14H16N2O2/c1-2-7-16-13(18)15-12(17)14(16)8-10-5-3-4-6-11(10)9-14/h3-6H,2,7-9H2,1H3,(H,15,17,18). The van der Waals surface area contributed by atoms with E-state index in [0.29, 0.717) is 19.4 Å². The number of carbonyl (C=O) groups is 2. The van der Waals surface area contributed by atoms with Crippen LogP contribution in [0.15, 0.2) is 24.3 Å². The van der Waals surface area contributed by atoms with Crippen molar-refractivity contribution in [3.8, 4) is 0 Å². The molecule has 0 unspecified atom stereocenters. The molecule has 1 aliphatic heterocycles. The Morgan fingerprint density at radius 3 is 2.39 bits per heavy atom. The predicted octanol–water partition coefficient (Wildman–Crippen LogP) is 1.49. The van der Waals surface area contributed by atoms with E-state index < -0.39 is 5.54 Å². The molecule has 0 saturated carbocycles. The highest BCUT2D eigenvalue weighted by molar-refractivity contribution is 6.07. The average Bonchev–Trinajstić information content (AvgIpc) is 2.84. The lowest BCUT2D eigenvalue weighted by atomic mass is 9.94. The van der Waals surface area contributed by atoms with E-state index >= 15 is 0 Å². The van der Waals surface area contributed by atoms with Crippen LogP contribution in [0.3, 0.4) is 0 Å². The summed E-state index contributed by atoms with van der Waals surface area (Å²) in [7, 11) is 0. The average molecular weight is 244 g/mol. The first kappa shape index (κ1) is 11.3. The summed E-state index contributed by atoms with van der Waals surface area (Å²) in [6, 6.07) is 7.82. The Bertz CT molecular complexity index is 499. The number of urea groups is 1. The Hall–Kier alpha value is -1.84. The Morgan fingerprint density at radius 1 is 1.22 bits per heavy atom.